The minimum Gasteiger partial charge on any atom is -0.434 e. The first-order valence-corrected chi connectivity index (χ1v) is 16.4. The summed E-state index contributed by atoms with van der Waals surface area (Å²) in [5.41, 5.74) is 1.17. The number of carbonyl (C=O) groups is 2. The van der Waals surface area contributed by atoms with Crippen LogP contribution in [0.15, 0.2) is 53.9 Å². The van der Waals surface area contributed by atoms with E-state index in [-0.39, 0.29) is 46.8 Å². The molecular weight excluding hydrogens is 634 g/mol. The van der Waals surface area contributed by atoms with Crippen LogP contribution in [0.4, 0.5) is 14.5 Å². The Morgan fingerprint density at radius 3 is 2.72 bits per heavy atom. The van der Waals surface area contributed by atoms with Crippen LogP contribution in [0.1, 0.15) is 30.1 Å². The number of anilines is 1. The maximum absolute atomic E-state index is 13.5. The largest absolute Gasteiger partial charge is 0.434 e. The van der Waals surface area contributed by atoms with Crippen molar-refractivity contribution in [2.75, 3.05) is 51.5 Å². The molecule has 47 heavy (non-hydrogen) atoms. The Morgan fingerprint density at radius 2 is 2.00 bits per heavy atom. The maximum atomic E-state index is 13.5. The number of nitrogens with one attached hydrogen (secondary N) is 1. The number of nitrogens with zero attached hydrogens (tertiary/aromatic N) is 7. The van der Waals surface area contributed by atoms with Crippen LogP contribution in [0.2, 0.25) is 0 Å². The number of piperidine rings is 1. The molecule has 3 aromatic heterocycles. The Morgan fingerprint density at radius 1 is 1.23 bits per heavy atom. The predicted octanol–water partition coefficient (Wildman–Crippen LogP) is 3.85. The lowest BCUT2D eigenvalue weighted by molar-refractivity contribution is -0.159. The normalized spacial score (nSPS) is 16.8. The van der Waals surface area contributed by atoms with Crippen LogP contribution in [-0.4, -0.2) is 111 Å². The summed E-state index contributed by atoms with van der Waals surface area (Å²) < 4.78 is 46.1. The van der Waals surface area contributed by atoms with Gasteiger partial charge in [-0.1, -0.05) is 0 Å². The number of aromatic nitrogens is 5. The summed E-state index contributed by atoms with van der Waals surface area (Å²) in [4.78, 5) is 36.0. The fourth-order valence-corrected chi connectivity index (χ4v) is 6.45. The number of benzene rings is 1. The second-order valence-corrected chi connectivity index (χ2v) is 12.5. The van der Waals surface area contributed by atoms with Crippen LogP contribution < -0.4 is 10.1 Å². The lowest BCUT2D eigenvalue weighted by Crippen LogP contribution is -2.50. The standard InChI is InChI=1S/C31H36F2N8O5S/c1-31(44-13-14-45-31)19-38(2)20-7-11-39(12-8-20)26(42)18-40-17-24(36-29(43)23-16-35-41-10-4-9-34-28(23)41)27(37-40)22-15-21(47-3)5-6-25(22)46-30(32)33/h4-6,9-10,15-17,20,30H,7-8,11-14,18-19H2,1-3H3,(H,36,43). The Balaban J connectivity index is 1.22. The number of hydrogen-bond donors (Lipinski definition) is 1. The van der Waals surface area contributed by atoms with E-state index in [0.29, 0.717) is 38.5 Å². The molecule has 2 fully saturated rings. The quantitative estimate of drug-likeness (QED) is 0.235. The molecule has 0 spiro atoms. The van der Waals surface area contributed by atoms with E-state index in [1.807, 2.05) is 20.2 Å². The Labute approximate surface area is 274 Å². The smallest absolute Gasteiger partial charge is 0.387 e. The van der Waals surface area contributed by atoms with Gasteiger partial charge in [0.2, 0.25) is 5.91 Å². The zero-order valence-corrected chi connectivity index (χ0v) is 27.1. The molecule has 0 unspecified atom stereocenters. The molecule has 250 valence electrons. The average Bonchev–Trinajstić information content (AvgIpc) is 3.79. The SMILES string of the molecule is CSc1ccc(OC(F)F)c(-c2nn(CC(=O)N3CCC(N(C)CC4(C)OCCO4)CC3)cc2NC(=O)c2cnn3cccnc23)c1. The van der Waals surface area contributed by atoms with Crippen molar-refractivity contribution in [1.82, 2.24) is 34.2 Å². The molecule has 1 N–H and O–H groups in total. The van der Waals surface area contributed by atoms with E-state index in [9.17, 15) is 18.4 Å². The molecule has 6 rings (SSSR count). The highest BCUT2D eigenvalue weighted by Gasteiger charge is 2.35. The van der Waals surface area contributed by atoms with Gasteiger partial charge in [-0.15, -0.1) is 11.8 Å². The van der Waals surface area contributed by atoms with E-state index >= 15 is 0 Å². The number of carbonyl (C=O) groups excluding carboxylic acids is 2. The van der Waals surface area contributed by atoms with Gasteiger partial charge in [-0.2, -0.15) is 19.0 Å². The highest BCUT2D eigenvalue weighted by molar-refractivity contribution is 7.98. The fraction of sp³-hybridized carbons (Fsp3) is 0.452. The summed E-state index contributed by atoms with van der Waals surface area (Å²) in [6, 6.07) is 6.71. The number of thioether (sulfide) groups is 1. The number of likely N-dealkylation sites (tertiary alicyclic amines) is 1. The number of ether oxygens (including phenoxy) is 3. The summed E-state index contributed by atoms with van der Waals surface area (Å²) in [6.45, 7) is 1.67. The minimum atomic E-state index is -3.08. The van der Waals surface area contributed by atoms with Crippen molar-refractivity contribution in [3.63, 3.8) is 0 Å². The van der Waals surface area contributed by atoms with Crippen molar-refractivity contribution in [2.24, 2.45) is 0 Å². The second kappa shape index (κ2) is 13.9. The third-order valence-electron chi connectivity index (χ3n) is 8.36. The number of halogens is 2. The van der Waals surface area contributed by atoms with Gasteiger partial charge >= 0.3 is 6.61 Å². The summed E-state index contributed by atoms with van der Waals surface area (Å²) in [6.07, 6.45) is 9.54. The monoisotopic (exact) mass is 670 g/mol. The molecule has 2 saturated heterocycles. The topological polar surface area (TPSA) is 128 Å². The van der Waals surface area contributed by atoms with Gasteiger partial charge in [0.15, 0.2) is 11.4 Å². The summed E-state index contributed by atoms with van der Waals surface area (Å²) in [5, 5.41) is 11.6. The molecule has 0 atom stereocenters. The van der Waals surface area contributed by atoms with Crippen molar-refractivity contribution in [1.29, 1.82) is 0 Å². The summed E-state index contributed by atoms with van der Waals surface area (Å²) in [5.74, 6) is -1.42. The first-order valence-electron chi connectivity index (χ1n) is 15.2. The zero-order valence-electron chi connectivity index (χ0n) is 26.3. The van der Waals surface area contributed by atoms with Gasteiger partial charge in [0.05, 0.1) is 31.6 Å². The lowest BCUT2D eigenvalue weighted by atomic mass is 10.0. The van der Waals surface area contributed by atoms with Crippen LogP contribution in [0.3, 0.4) is 0 Å². The molecule has 0 radical (unpaired) electrons. The first kappa shape index (κ1) is 32.8. The molecular formula is C31H36F2N8O5S. The van der Waals surface area contributed by atoms with Crippen LogP contribution in [-0.2, 0) is 20.8 Å². The Kier molecular flexibility index (Phi) is 9.72. The Hall–Kier alpha value is -4.12. The van der Waals surface area contributed by atoms with E-state index in [2.05, 4.69) is 25.4 Å². The molecule has 2 aliphatic rings. The van der Waals surface area contributed by atoms with Gasteiger partial charge in [0, 0.05) is 48.2 Å². The van der Waals surface area contributed by atoms with Crippen molar-refractivity contribution in [3.05, 3.63) is 54.6 Å². The van der Waals surface area contributed by atoms with Gasteiger partial charge < -0.3 is 24.4 Å². The molecule has 1 aromatic carbocycles. The molecule has 5 heterocycles. The number of fused-ring (bicyclic) bond motifs is 1. The van der Waals surface area contributed by atoms with Crippen LogP contribution in [0.5, 0.6) is 5.75 Å². The van der Waals surface area contributed by atoms with Crippen molar-refractivity contribution in [2.45, 2.75) is 49.6 Å². The fourth-order valence-electron chi connectivity index (χ4n) is 6.01. The van der Waals surface area contributed by atoms with E-state index in [0.717, 1.165) is 17.7 Å². The summed E-state index contributed by atoms with van der Waals surface area (Å²) in [7, 11) is 2.04. The van der Waals surface area contributed by atoms with Gasteiger partial charge in [0.25, 0.3) is 5.91 Å². The highest BCUT2D eigenvalue weighted by atomic mass is 32.2. The van der Waals surface area contributed by atoms with Gasteiger partial charge in [-0.3, -0.25) is 19.2 Å². The number of alkyl halides is 2. The maximum Gasteiger partial charge on any atom is 0.387 e. The second-order valence-electron chi connectivity index (χ2n) is 11.6. The number of rotatable bonds is 11. The van der Waals surface area contributed by atoms with E-state index in [1.54, 1.807) is 35.5 Å². The molecule has 0 saturated carbocycles. The van der Waals surface area contributed by atoms with E-state index in [4.69, 9.17) is 14.2 Å². The highest BCUT2D eigenvalue weighted by Crippen LogP contribution is 2.38. The van der Waals surface area contributed by atoms with Crippen molar-refractivity contribution in [3.8, 4) is 17.0 Å². The molecule has 4 aromatic rings. The van der Waals surface area contributed by atoms with Crippen LogP contribution >= 0.6 is 11.8 Å². The number of amides is 2. The first-order chi connectivity index (χ1) is 22.6. The van der Waals surface area contributed by atoms with Crippen molar-refractivity contribution >= 4 is 34.9 Å². The zero-order chi connectivity index (χ0) is 33.1. The predicted molar refractivity (Wildman–Crippen MR) is 170 cm³/mol. The molecule has 2 aliphatic heterocycles. The van der Waals surface area contributed by atoms with Gasteiger partial charge in [-0.25, -0.2) is 9.50 Å². The molecule has 0 aliphatic carbocycles. The third-order valence-corrected chi connectivity index (χ3v) is 9.09. The molecule has 2 amide bonds. The molecule has 0 bridgehead atoms. The van der Waals surface area contributed by atoms with E-state index < -0.39 is 18.3 Å². The van der Waals surface area contributed by atoms with Gasteiger partial charge in [-0.05, 0) is 57.3 Å². The Bertz CT molecular complexity index is 1740. The molecule has 16 heteroatoms. The lowest BCUT2D eigenvalue weighted by Gasteiger charge is -2.39. The average molecular weight is 671 g/mol. The molecule has 13 nitrogen and oxygen atoms in total. The third kappa shape index (κ3) is 7.40. The minimum absolute atomic E-state index is 0.115. The van der Waals surface area contributed by atoms with Crippen LogP contribution in [0.25, 0.3) is 16.9 Å². The van der Waals surface area contributed by atoms with Crippen LogP contribution in [0, 0.1) is 0 Å². The number of hydrogen-bond acceptors (Lipinski definition) is 10. The van der Waals surface area contributed by atoms with Gasteiger partial charge in [0.1, 0.15) is 23.6 Å². The summed E-state index contributed by atoms with van der Waals surface area (Å²) >= 11 is 1.41. The van der Waals surface area contributed by atoms with Crippen molar-refractivity contribution < 1.29 is 32.6 Å². The number of likely N-dealkylation sites (N-methyl/N-ethyl adjacent to an activating group) is 1. The van der Waals surface area contributed by atoms with E-state index in [1.165, 1.54) is 39.4 Å².